The van der Waals surface area contributed by atoms with Gasteiger partial charge in [-0.3, -0.25) is 38.4 Å². The van der Waals surface area contributed by atoms with Crippen molar-refractivity contribution >= 4 is 47.3 Å². The first-order valence-corrected chi connectivity index (χ1v) is 24.4. The van der Waals surface area contributed by atoms with E-state index in [1.807, 2.05) is 55.4 Å². The number of hydrogen-bond acceptors (Lipinski definition) is 8. The highest BCUT2D eigenvalue weighted by molar-refractivity contribution is 5.99. The lowest BCUT2D eigenvalue weighted by atomic mass is 9.96. The molecule has 1 aliphatic heterocycles. The van der Waals surface area contributed by atoms with Gasteiger partial charge in [-0.25, -0.2) is 0 Å². The van der Waals surface area contributed by atoms with Gasteiger partial charge in [-0.05, 0) is 68.1 Å². The van der Waals surface area contributed by atoms with E-state index in [0.717, 1.165) is 25.7 Å². The second-order valence-corrected chi connectivity index (χ2v) is 19.9. The molecule has 0 aromatic rings. The van der Waals surface area contributed by atoms with E-state index in [-0.39, 0.29) is 55.8 Å². The second kappa shape index (κ2) is 30.8. The molecular formula is C48H87N7O9. The topological polar surface area (TPSA) is 232 Å². The second-order valence-electron chi connectivity index (χ2n) is 19.9. The number of hydrogen-bond donors (Lipinski definition) is 7. The zero-order chi connectivity index (χ0) is 48.5. The molecule has 0 saturated carbocycles. The summed E-state index contributed by atoms with van der Waals surface area (Å²) < 4.78 is 0. The van der Waals surface area contributed by atoms with E-state index >= 15 is 4.79 Å². The predicted octanol–water partition coefficient (Wildman–Crippen LogP) is 5.36. The standard InChI is InChI=1S/C48H87N7O9/c1-12-13-14-15-16-17-18-19-20-21-24-49-40(56)29-55-39(28-33(8)9)46(62)52-37(26-31(4)5)45(61)54-42(34(10)11)47(63)50-35(22-23-41(57)58)43(59)51-36(25-30(2)3)44(60)53-38(48(55)64)27-32(6)7/h30-39,42H,12-29H2,1-11H3,(H,49,56)(H,50,63)(H,51,59)(H,52,62)(H,53,60)(H,54,61)(H,57,58)/t35-,36+,37+,38-,39-,42-/m0/s1. The predicted molar refractivity (Wildman–Crippen MR) is 250 cm³/mol. The van der Waals surface area contributed by atoms with Crippen molar-refractivity contribution in [2.45, 2.75) is 215 Å². The lowest BCUT2D eigenvalue weighted by Gasteiger charge is -2.36. The lowest BCUT2D eigenvalue weighted by molar-refractivity contribution is -0.147. The first kappa shape index (κ1) is 57.8. The Kier molecular flexibility index (Phi) is 27.8. The van der Waals surface area contributed by atoms with Gasteiger partial charge in [0, 0.05) is 13.0 Å². The van der Waals surface area contributed by atoms with Gasteiger partial charge in [0.1, 0.15) is 42.8 Å². The van der Waals surface area contributed by atoms with Crippen LogP contribution in [0.15, 0.2) is 0 Å². The number of carboxylic acid groups (broad SMARTS) is 1. The van der Waals surface area contributed by atoms with Gasteiger partial charge in [-0.2, -0.15) is 0 Å². The third-order valence-electron chi connectivity index (χ3n) is 11.4. The maximum absolute atomic E-state index is 15.0. The van der Waals surface area contributed by atoms with Crippen molar-refractivity contribution in [1.82, 2.24) is 36.8 Å². The molecule has 0 bridgehead atoms. The van der Waals surface area contributed by atoms with E-state index in [0.29, 0.717) is 6.54 Å². The van der Waals surface area contributed by atoms with Crippen LogP contribution in [0.5, 0.6) is 0 Å². The number of unbranched alkanes of at least 4 members (excludes halogenated alkanes) is 9. The minimum absolute atomic E-state index is 0.105. The molecule has 1 fully saturated rings. The number of nitrogens with zero attached hydrogens (tertiary/aromatic N) is 1. The third-order valence-corrected chi connectivity index (χ3v) is 11.4. The quantitative estimate of drug-likeness (QED) is 0.0584. The number of carbonyl (C=O) groups is 8. The lowest BCUT2D eigenvalue weighted by Crippen LogP contribution is -2.63. The molecule has 0 aromatic carbocycles. The molecule has 7 N–H and O–H groups in total. The van der Waals surface area contributed by atoms with Gasteiger partial charge < -0.3 is 41.9 Å². The Morgan fingerprint density at radius 1 is 0.547 bits per heavy atom. The molecule has 0 aromatic heterocycles. The highest BCUT2D eigenvalue weighted by Gasteiger charge is 2.40. The number of rotatable bonds is 25. The highest BCUT2D eigenvalue weighted by Crippen LogP contribution is 2.19. The molecule has 0 aliphatic carbocycles. The molecule has 1 aliphatic rings. The monoisotopic (exact) mass is 906 g/mol. The van der Waals surface area contributed by atoms with Gasteiger partial charge in [-0.1, -0.05) is 134 Å². The van der Waals surface area contributed by atoms with Crippen LogP contribution >= 0.6 is 0 Å². The van der Waals surface area contributed by atoms with Crippen LogP contribution in [0.4, 0.5) is 0 Å². The molecule has 1 heterocycles. The molecule has 16 nitrogen and oxygen atoms in total. The van der Waals surface area contributed by atoms with Crippen molar-refractivity contribution in [2.75, 3.05) is 13.1 Å². The smallest absolute Gasteiger partial charge is 0.303 e. The van der Waals surface area contributed by atoms with Crippen LogP contribution in [0.3, 0.4) is 0 Å². The Hall–Kier alpha value is -4.24. The molecule has 368 valence electrons. The number of amides is 7. The fourth-order valence-electron chi connectivity index (χ4n) is 7.91. The van der Waals surface area contributed by atoms with Gasteiger partial charge in [0.05, 0.1) is 0 Å². The maximum atomic E-state index is 15.0. The van der Waals surface area contributed by atoms with E-state index in [1.54, 1.807) is 13.8 Å². The average Bonchev–Trinajstić information content (AvgIpc) is 3.19. The minimum Gasteiger partial charge on any atom is -0.481 e. The summed E-state index contributed by atoms with van der Waals surface area (Å²) in [6, 6.07) is -7.41. The van der Waals surface area contributed by atoms with Gasteiger partial charge >= 0.3 is 5.97 Å². The van der Waals surface area contributed by atoms with E-state index in [2.05, 4.69) is 38.8 Å². The van der Waals surface area contributed by atoms with Crippen molar-refractivity contribution in [2.24, 2.45) is 29.6 Å². The van der Waals surface area contributed by atoms with Crippen LogP contribution < -0.4 is 31.9 Å². The van der Waals surface area contributed by atoms with E-state index < -0.39 is 102 Å². The van der Waals surface area contributed by atoms with Crippen LogP contribution in [-0.2, 0) is 38.4 Å². The van der Waals surface area contributed by atoms with Crippen LogP contribution in [0, 0.1) is 29.6 Å². The molecule has 0 unspecified atom stereocenters. The zero-order valence-corrected chi connectivity index (χ0v) is 41.2. The van der Waals surface area contributed by atoms with Gasteiger partial charge in [-0.15, -0.1) is 0 Å². The van der Waals surface area contributed by atoms with Gasteiger partial charge in [0.25, 0.3) is 0 Å². The van der Waals surface area contributed by atoms with Crippen molar-refractivity contribution in [1.29, 1.82) is 0 Å². The van der Waals surface area contributed by atoms with Crippen LogP contribution in [0.1, 0.15) is 179 Å². The Labute approximate surface area is 384 Å². The summed E-state index contributed by atoms with van der Waals surface area (Å²) in [6.45, 7) is 20.4. The normalized spacial score (nSPS) is 22.3. The summed E-state index contributed by atoms with van der Waals surface area (Å²) in [7, 11) is 0. The molecule has 16 heteroatoms. The van der Waals surface area contributed by atoms with E-state index in [9.17, 15) is 38.7 Å². The third kappa shape index (κ3) is 23.1. The zero-order valence-electron chi connectivity index (χ0n) is 41.2. The van der Waals surface area contributed by atoms with Crippen molar-refractivity contribution < 1.29 is 43.5 Å². The fraction of sp³-hybridized carbons (Fsp3) is 0.833. The summed E-state index contributed by atoms with van der Waals surface area (Å²) in [5.74, 6) is -6.94. The molecule has 1 rings (SSSR count). The largest absolute Gasteiger partial charge is 0.481 e. The number of carbonyl (C=O) groups excluding carboxylic acids is 7. The Morgan fingerprint density at radius 3 is 1.45 bits per heavy atom. The van der Waals surface area contributed by atoms with Gasteiger partial charge in [0.15, 0.2) is 0 Å². The van der Waals surface area contributed by atoms with Crippen molar-refractivity contribution in [3.05, 3.63) is 0 Å². The molecule has 64 heavy (non-hydrogen) atoms. The van der Waals surface area contributed by atoms with Crippen LogP contribution in [0.25, 0.3) is 0 Å². The Morgan fingerprint density at radius 2 is 0.969 bits per heavy atom. The van der Waals surface area contributed by atoms with Crippen molar-refractivity contribution in [3.8, 4) is 0 Å². The summed E-state index contributed by atoms with van der Waals surface area (Å²) in [5, 5.41) is 26.2. The first-order valence-electron chi connectivity index (χ1n) is 24.4. The maximum Gasteiger partial charge on any atom is 0.303 e. The number of aliphatic carboxylic acids is 1. The van der Waals surface area contributed by atoms with Crippen LogP contribution in [-0.4, -0.2) is 107 Å². The number of carboxylic acids is 1. The van der Waals surface area contributed by atoms with Crippen molar-refractivity contribution in [3.63, 3.8) is 0 Å². The minimum atomic E-state index is -1.39. The highest BCUT2D eigenvalue weighted by atomic mass is 16.4. The molecule has 0 radical (unpaired) electrons. The number of nitrogens with one attached hydrogen (secondary N) is 6. The van der Waals surface area contributed by atoms with E-state index in [1.165, 1.54) is 43.4 Å². The summed E-state index contributed by atoms with van der Waals surface area (Å²) in [5.41, 5.74) is 0. The summed E-state index contributed by atoms with van der Waals surface area (Å²) in [6.07, 6.45) is 11.1. The summed E-state index contributed by atoms with van der Waals surface area (Å²) >= 11 is 0. The SMILES string of the molecule is CCCCCCCCCCCCNC(=O)CN1C(=O)[C@H](CC(C)C)NC(=O)[C@@H](CC(C)C)NC(=O)[C@H](CCC(=O)O)NC(=O)[C@H](C(C)C)NC(=O)[C@@H](CC(C)C)NC(=O)[C@@H]1CC(C)C. The molecular weight excluding hydrogens is 819 g/mol. The summed E-state index contributed by atoms with van der Waals surface area (Å²) in [4.78, 5) is 113. The molecule has 0 spiro atoms. The Bertz CT molecular complexity index is 1480. The fourth-order valence-corrected chi connectivity index (χ4v) is 7.91. The van der Waals surface area contributed by atoms with E-state index in [4.69, 9.17) is 0 Å². The van der Waals surface area contributed by atoms with Crippen LogP contribution in [0.2, 0.25) is 0 Å². The Balaban J connectivity index is 3.81. The molecule has 6 atom stereocenters. The first-order chi connectivity index (χ1) is 30.1. The van der Waals surface area contributed by atoms with Gasteiger partial charge in [0.2, 0.25) is 41.4 Å². The molecule has 7 amide bonds. The average molecular weight is 906 g/mol. The molecule has 1 saturated heterocycles.